The minimum Gasteiger partial charge on any atom is -0.476 e. The number of carboxylic acids is 1. The molecular weight excluding hydrogens is 340 g/mol. The molecule has 3 N–H and O–H groups in total. The standard InChI is InChI=1S/C17H20N4O5/c1-9(13(22)18-16(26)19-17(2,3)4)21-14(23)11-8-6-5-7-10(11)12(20-21)15(24)25/h5-9H,1-4H3,(H,24,25)(H2,18,19,22,26). The molecule has 0 radical (unpaired) electrons. The van der Waals surface area contributed by atoms with Crippen LogP contribution in [0, 0.1) is 0 Å². The number of aromatic nitrogens is 2. The molecule has 1 aromatic carbocycles. The van der Waals surface area contributed by atoms with Crippen molar-refractivity contribution in [3.63, 3.8) is 0 Å². The van der Waals surface area contributed by atoms with Crippen LogP contribution in [0.3, 0.4) is 0 Å². The molecule has 0 spiro atoms. The average Bonchev–Trinajstić information content (AvgIpc) is 2.52. The predicted molar refractivity (Wildman–Crippen MR) is 94.1 cm³/mol. The second kappa shape index (κ2) is 6.95. The number of nitrogens with one attached hydrogen (secondary N) is 2. The van der Waals surface area contributed by atoms with Gasteiger partial charge in [0.1, 0.15) is 6.04 Å². The number of hydrogen-bond acceptors (Lipinski definition) is 5. The largest absolute Gasteiger partial charge is 0.476 e. The van der Waals surface area contributed by atoms with E-state index >= 15 is 0 Å². The Morgan fingerprint density at radius 3 is 2.27 bits per heavy atom. The number of carbonyl (C=O) groups excluding carboxylic acids is 2. The number of imide groups is 1. The SMILES string of the molecule is CC(C(=O)NC(=O)NC(C)(C)C)n1nc(C(=O)O)c2ccccc2c1=O. The maximum atomic E-state index is 12.6. The first-order valence-corrected chi connectivity index (χ1v) is 7.89. The molecule has 2 rings (SSSR count). The summed E-state index contributed by atoms with van der Waals surface area (Å²) in [6.07, 6.45) is 0. The number of carbonyl (C=O) groups is 3. The van der Waals surface area contributed by atoms with Gasteiger partial charge in [0, 0.05) is 10.9 Å². The van der Waals surface area contributed by atoms with Gasteiger partial charge >= 0.3 is 12.0 Å². The molecular formula is C17H20N4O5. The lowest BCUT2D eigenvalue weighted by Gasteiger charge is -2.21. The summed E-state index contributed by atoms with van der Waals surface area (Å²) in [5.74, 6) is -2.11. The lowest BCUT2D eigenvalue weighted by atomic mass is 10.1. The molecule has 1 unspecified atom stereocenters. The van der Waals surface area contributed by atoms with Crippen LogP contribution in [0.2, 0.25) is 0 Å². The Bertz CT molecular complexity index is 942. The summed E-state index contributed by atoms with van der Waals surface area (Å²) in [5.41, 5.74) is -1.52. The molecule has 3 amide bonds. The van der Waals surface area contributed by atoms with Crippen LogP contribution in [-0.4, -0.2) is 38.3 Å². The minimum absolute atomic E-state index is 0.124. The van der Waals surface area contributed by atoms with Gasteiger partial charge in [-0.15, -0.1) is 0 Å². The zero-order chi connectivity index (χ0) is 19.6. The van der Waals surface area contributed by atoms with E-state index in [9.17, 15) is 24.3 Å². The van der Waals surface area contributed by atoms with Gasteiger partial charge < -0.3 is 10.4 Å². The molecule has 1 heterocycles. The number of nitrogens with zero attached hydrogens (tertiary/aromatic N) is 2. The number of urea groups is 1. The summed E-state index contributed by atoms with van der Waals surface area (Å²) in [6, 6.07) is 4.20. The number of aromatic carboxylic acids is 1. The zero-order valence-electron chi connectivity index (χ0n) is 14.9. The van der Waals surface area contributed by atoms with E-state index < -0.39 is 35.0 Å². The van der Waals surface area contributed by atoms with E-state index in [1.807, 2.05) is 0 Å². The fourth-order valence-electron chi connectivity index (χ4n) is 2.33. The van der Waals surface area contributed by atoms with E-state index in [4.69, 9.17) is 0 Å². The zero-order valence-corrected chi connectivity index (χ0v) is 14.9. The highest BCUT2D eigenvalue weighted by Crippen LogP contribution is 2.15. The first-order valence-electron chi connectivity index (χ1n) is 7.89. The molecule has 0 fully saturated rings. The number of hydrogen-bond donors (Lipinski definition) is 3. The van der Waals surface area contributed by atoms with Gasteiger partial charge in [-0.3, -0.25) is 14.9 Å². The highest BCUT2D eigenvalue weighted by atomic mass is 16.4. The van der Waals surface area contributed by atoms with Crippen LogP contribution in [0.1, 0.15) is 44.2 Å². The van der Waals surface area contributed by atoms with E-state index in [2.05, 4.69) is 15.7 Å². The van der Waals surface area contributed by atoms with Crippen molar-refractivity contribution in [1.82, 2.24) is 20.4 Å². The molecule has 0 aliphatic carbocycles. The van der Waals surface area contributed by atoms with Crippen LogP contribution in [0.4, 0.5) is 4.79 Å². The van der Waals surface area contributed by atoms with Crippen molar-refractivity contribution in [1.29, 1.82) is 0 Å². The summed E-state index contributed by atoms with van der Waals surface area (Å²) in [4.78, 5) is 48.2. The average molecular weight is 360 g/mol. The Hall–Kier alpha value is -3.23. The molecule has 1 aromatic heterocycles. The van der Waals surface area contributed by atoms with Crippen LogP contribution in [0.5, 0.6) is 0 Å². The lowest BCUT2D eigenvalue weighted by molar-refractivity contribution is -0.123. The van der Waals surface area contributed by atoms with Crippen LogP contribution >= 0.6 is 0 Å². The molecule has 2 aromatic rings. The quantitative estimate of drug-likeness (QED) is 0.756. The van der Waals surface area contributed by atoms with E-state index in [1.54, 1.807) is 32.9 Å². The van der Waals surface area contributed by atoms with Crippen LogP contribution in [0.15, 0.2) is 29.1 Å². The topological polar surface area (TPSA) is 130 Å². The number of amides is 3. The van der Waals surface area contributed by atoms with Gasteiger partial charge in [0.2, 0.25) is 0 Å². The number of carboxylic acid groups (broad SMARTS) is 1. The third-order valence-corrected chi connectivity index (χ3v) is 3.50. The van der Waals surface area contributed by atoms with Crippen molar-refractivity contribution >= 4 is 28.7 Å². The highest BCUT2D eigenvalue weighted by Gasteiger charge is 2.24. The molecule has 0 bridgehead atoms. The van der Waals surface area contributed by atoms with Crippen LogP contribution in [-0.2, 0) is 4.79 Å². The van der Waals surface area contributed by atoms with Gasteiger partial charge in [0.05, 0.1) is 5.39 Å². The monoisotopic (exact) mass is 360 g/mol. The van der Waals surface area contributed by atoms with Crippen molar-refractivity contribution in [2.45, 2.75) is 39.3 Å². The first kappa shape index (κ1) is 19.1. The van der Waals surface area contributed by atoms with Crippen LogP contribution in [0.25, 0.3) is 10.8 Å². The number of benzene rings is 1. The fraction of sp³-hybridized carbons (Fsp3) is 0.353. The Morgan fingerprint density at radius 2 is 1.73 bits per heavy atom. The van der Waals surface area contributed by atoms with Crippen molar-refractivity contribution in [2.75, 3.05) is 0 Å². The Labute approximate surface area is 149 Å². The van der Waals surface area contributed by atoms with E-state index in [0.29, 0.717) is 0 Å². The minimum atomic E-state index is -1.33. The lowest BCUT2D eigenvalue weighted by Crippen LogP contribution is -2.50. The normalized spacial score (nSPS) is 12.5. The molecule has 0 saturated heterocycles. The molecule has 0 aliphatic heterocycles. The van der Waals surface area contributed by atoms with Gasteiger partial charge in [-0.25, -0.2) is 14.3 Å². The second-order valence-electron chi connectivity index (χ2n) is 6.82. The third-order valence-electron chi connectivity index (χ3n) is 3.50. The molecule has 1 atom stereocenters. The van der Waals surface area contributed by atoms with Crippen molar-refractivity contribution < 1.29 is 19.5 Å². The number of rotatable bonds is 3. The Kier molecular flexibility index (Phi) is 5.10. The smallest absolute Gasteiger partial charge is 0.357 e. The predicted octanol–water partition coefficient (Wildman–Crippen LogP) is 1.28. The fourth-order valence-corrected chi connectivity index (χ4v) is 2.33. The summed E-state index contributed by atoms with van der Waals surface area (Å²) >= 11 is 0. The van der Waals surface area contributed by atoms with E-state index in [1.165, 1.54) is 19.1 Å². The van der Waals surface area contributed by atoms with E-state index in [0.717, 1.165) is 4.68 Å². The van der Waals surface area contributed by atoms with Gasteiger partial charge in [0.25, 0.3) is 11.5 Å². The molecule has 9 heteroatoms. The molecule has 0 saturated carbocycles. The van der Waals surface area contributed by atoms with Crippen LogP contribution < -0.4 is 16.2 Å². The highest BCUT2D eigenvalue weighted by molar-refractivity contribution is 6.01. The second-order valence-corrected chi connectivity index (χ2v) is 6.82. The summed E-state index contributed by atoms with van der Waals surface area (Å²) < 4.78 is 0.769. The Balaban J connectivity index is 2.41. The molecule has 9 nitrogen and oxygen atoms in total. The third kappa shape index (κ3) is 4.05. The Morgan fingerprint density at radius 1 is 1.15 bits per heavy atom. The van der Waals surface area contributed by atoms with Gasteiger partial charge in [-0.05, 0) is 33.8 Å². The molecule has 26 heavy (non-hydrogen) atoms. The molecule has 0 aliphatic rings. The van der Waals surface area contributed by atoms with E-state index in [-0.39, 0.29) is 16.5 Å². The molecule has 138 valence electrons. The summed E-state index contributed by atoms with van der Waals surface area (Å²) in [7, 11) is 0. The van der Waals surface area contributed by atoms with Crippen molar-refractivity contribution in [3.8, 4) is 0 Å². The maximum Gasteiger partial charge on any atom is 0.357 e. The van der Waals surface area contributed by atoms with Crippen molar-refractivity contribution in [3.05, 3.63) is 40.3 Å². The summed E-state index contributed by atoms with van der Waals surface area (Å²) in [5, 5.41) is 18.1. The first-order chi connectivity index (χ1) is 12.0. The van der Waals surface area contributed by atoms with Gasteiger partial charge in [-0.1, -0.05) is 18.2 Å². The maximum absolute atomic E-state index is 12.6. The van der Waals surface area contributed by atoms with Gasteiger partial charge in [0.15, 0.2) is 5.69 Å². The van der Waals surface area contributed by atoms with Gasteiger partial charge in [-0.2, -0.15) is 5.10 Å². The van der Waals surface area contributed by atoms with Crippen molar-refractivity contribution in [2.24, 2.45) is 0 Å². The number of fused-ring (bicyclic) bond motifs is 1. The summed E-state index contributed by atoms with van der Waals surface area (Å²) in [6.45, 7) is 6.59.